The molecule has 2 aromatic rings. The first-order chi connectivity index (χ1) is 9.19. The lowest BCUT2D eigenvalue weighted by Gasteiger charge is -2.26. The van der Waals surface area contributed by atoms with E-state index >= 15 is 0 Å². The minimum Gasteiger partial charge on any atom is -0.396 e. The number of para-hydroxylation sites is 2. The fourth-order valence-corrected chi connectivity index (χ4v) is 2.22. The average Bonchev–Trinajstić information content (AvgIpc) is 2.43. The zero-order chi connectivity index (χ0) is 13.8. The highest BCUT2D eigenvalue weighted by atomic mass is 15.1. The zero-order valence-electron chi connectivity index (χ0n) is 11.2. The highest BCUT2D eigenvalue weighted by Crippen LogP contribution is 2.33. The molecule has 0 aromatic heterocycles. The van der Waals surface area contributed by atoms with Crippen molar-refractivity contribution in [2.24, 2.45) is 0 Å². The third-order valence-electron chi connectivity index (χ3n) is 3.22. The summed E-state index contributed by atoms with van der Waals surface area (Å²) >= 11 is 0. The molecule has 2 rings (SSSR count). The molecule has 0 saturated carbocycles. The third kappa shape index (κ3) is 2.38. The first-order valence-electron chi connectivity index (χ1n) is 6.30. The standard InChI is InChI=1S/C16H17N3/c1-3-19(14-9-5-4-7-12(14)2)15-10-6-8-13(11-17)16(15)18/h4-10H,3,18H2,1-2H3. The van der Waals surface area contributed by atoms with Crippen LogP contribution in [-0.2, 0) is 0 Å². The maximum Gasteiger partial charge on any atom is 0.101 e. The summed E-state index contributed by atoms with van der Waals surface area (Å²) in [5, 5.41) is 9.07. The summed E-state index contributed by atoms with van der Waals surface area (Å²) in [7, 11) is 0. The molecule has 0 atom stereocenters. The number of hydrogen-bond acceptors (Lipinski definition) is 3. The number of nitrogens with two attached hydrogens (primary N) is 1. The molecule has 0 aliphatic carbocycles. The van der Waals surface area contributed by atoms with Gasteiger partial charge in [-0.25, -0.2) is 0 Å². The Morgan fingerprint density at radius 2 is 1.79 bits per heavy atom. The van der Waals surface area contributed by atoms with Gasteiger partial charge in [-0.15, -0.1) is 0 Å². The monoisotopic (exact) mass is 251 g/mol. The van der Waals surface area contributed by atoms with Crippen LogP contribution in [-0.4, -0.2) is 6.54 Å². The lowest BCUT2D eigenvalue weighted by Crippen LogP contribution is -2.18. The summed E-state index contributed by atoms with van der Waals surface area (Å²) in [5.74, 6) is 0. The second kappa shape index (κ2) is 5.45. The number of nitrogen functional groups attached to an aromatic ring is 1. The lowest BCUT2D eigenvalue weighted by molar-refractivity contribution is 1.02. The molecule has 0 heterocycles. The highest BCUT2D eigenvalue weighted by Gasteiger charge is 2.14. The molecule has 2 aromatic carbocycles. The van der Waals surface area contributed by atoms with E-state index in [1.807, 2.05) is 24.3 Å². The van der Waals surface area contributed by atoms with E-state index in [1.165, 1.54) is 5.56 Å². The van der Waals surface area contributed by atoms with Gasteiger partial charge < -0.3 is 10.6 Å². The molecule has 0 aliphatic rings. The predicted octanol–water partition coefficient (Wildman–Crippen LogP) is 3.61. The number of aryl methyl sites for hydroxylation is 1. The number of benzene rings is 2. The second-order valence-corrected chi connectivity index (χ2v) is 4.38. The summed E-state index contributed by atoms with van der Waals surface area (Å²) in [6, 6.07) is 15.8. The van der Waals surface area contributed by atoms with Gasteiger partial charge in [0.2, 0.25) is 0 Å². The van der Waals surface area contributed by atoms with Gasteiger partial charge in [0.25, 0.3) is 0 Å². The van der Waals surface area contributed by atoms with E-state index in [4.69, 9.17) is 11.0 Å². The SMILES string of the molecule is CCN(c1ccccc1C)c1cccc(C#N)c1N. The largest absolute Gasteiger partial charge is 0.396 e. The topological polar surface area (TPSA) is 53.0 Å². The van der Waals surface area contributed by atoms with Gasteiger partial charge in [0, 0.05) is 12.2 Å². The van der Waals surface area contributed by atoms with Gasteiger partial charge in [-0.1, -0.05) is 24.3 Å². The van der Waals surface area contributed by atoms with Crippen molar-refractivity contribution in [3.05, 3.63) is 53.6 Å². The van der Waals surface area contributed by atoms with E-state index < -0.39 is 0 Å². The third-order valence-corrected chi connectivity index (χ3v) is 3.22. The Balaban J connectivity index is 2.56. The summed E-state index contributed by atoms with van der Waals surface area (Å²) < 4.78 is 0. The van der Waals surface area contributed by atoms with E-state index in [2.05, 4.69) is 36.9 Å². The summed E-state index contributed by atoms with van der Waals surface area (Å²) in [5.41, 5.74) is 10.3. The first kappa shape index (κ1) is 13.0. The van der Waals surface area contributed by atoms with Crippen molar-refractivity contribution >= 4 is 17.1 Å². The minimum absolute atomic E-state index is 0.518. The fraction of sp³-hybridized carbons (Fsp3) is 0.188. The van der Waals surface area contributed by atoms with Crippen molar-refractivity contribution in [3.63, 3.8) is 0 Å². The van der Waals surface area contributed by atoms with Crippen molar-refractivity contribution < 1.29 is 0 Å². The van der Waals surface area contributed by atoms with E-state index in [-0.39, 0.29) is 0 Å². The van der Waals surface area contributed by atoms with Crippen LogP contribution in [0.5, 0.6) is 0 Å². The average molecular weight is 251 g/mol. The Labute approximate surface area is 113 Å². The zero-order valence-corrected chi connectivity index (χ0v) is 11.2. The van der Waals surface area contributed by atoms with E-state index in [0.717, 1.165) is 17.9 Å². The number of rotatable bonds is 3. The van der Waals surface area contributed by atoms with Crippen molar-refractivity contribution in [1.82, 2.24) is 0 Å². The molecular weight excluding hydrogens is 234 g/mol. The van der Waals surface area contributed by atoms with Crippen molar-refractivity contribution in [2.75, 3.05) is 17.2 Å². The molecule has 3 nitrogen and oxygen atoms in total. The molecular formula is C16H17N3. The van der Waals surface area contributed by atoms with Crippen LogP contribution in [0.25, 0.3) is 0 Å². The maximum atomic E-state index is 9.07. The molecule has 0 unspecified atom stereocenters. The van der Waals surface area contributed by atoms with E-state index in [1.54, 1.807) is 6.07 Å². The normalized spacial score (nSPS) is 9.95. The molecule has 0 amide bonds. The van der Waals surface area contributed by atoms with Crippen molar-refractivity contribution in [1.29, 1.82) is 5.26 Å². The number of nitriles is 1. The van der Waals surface area contributed by atoms with Gasteiger partial charge >= 0.3 is 0 Å². The van der Waals surface area contributed by atoms with E-state index in [0.29, 0.717) is 11.3 Å². The Morgan fingerprint density at radius 1 is 1.11 bits per heavy atom. The first-order valence-corrected chi connectivity index (χ1v) is 6.30. The van der Waals surface area contributed by atoms with Gasteiger partial charge in [-0.2, -0.15) is 5.26 Å². The van der Waals surface area contributed by atoms with Gasteiger partial charge in [-0.05, 0) is 37.6 Å². The molecule has 0 spiro atoms. The van der Waals surface area contributed by atoms with Crippen LogP contribution in [0, 0.1) is 18.3 Å². The summed E-state index contributed by atoms with van der Waals surface area (Å²) in [6.45, 7) is 4.94. The fourth-order valence-electron chi connectivity index (χ4n) is 2.22. The van der Waals surface area contributed by atoms with Crippen LogP contribution in [0.1, 0.15) is 18.1 Å². The molecule has 0 aliphatic heterocycles. The Morgan fingerprint density at radius 3 is 2.42 bits per heavy atom. The van der Waals surface area contributed by atoms with Crippen LogP contribution in [0.3, 0.4) is 0 Å². The summed E-state index contributed by atoms with van der Waals surface area (Å²) in [6.07, 6.45) is 0. The molecule has 19 heavy (non-hydrogen) atoms. The minimum atomic E-state index is 0.518. The molecule has 96 valence electrons. The van der Waals surface area contributed by atoms with Gasteiger partial charge in [0.05, 0.1) is 16.9 Å². The van der Waals surface area contributed by atoms with Crippen LogP contribution < -0.4 is 10.6 Å². The molecule has 0 bridgehead atoms. The Hall–Kier alpha value is -2.47. The van der Waals surface area contributed by atoms with Crippen LogP contribution >= 0.6 is 0 Å². The van der Waals surface area contributed by atoms with Crippen molar-refractivity contribution in [3.8, 4) is 6.07 Å². The van der Waals surface area contributed by atoms with E-state index in [9.17, 15) is 0 Å². The van der Waals surface area contributed by atoms with Crippen LogP contribution in [0.2, 0.25) is 0 Å². The summed E-state index contributed by atoms with van der Waals surface area (Å²) in [4.78, 5) is 2.13. The lowest BCUT2D eigenvalue weighted by atomic mass is 10.1. The number of hydrogen-bond donors (Lipinski definition) is 1. The van der Waals surface area contributed by atoms with Crippen molar-refractivity contribution in [2.45, 2.75) is 13.8 Å². The van der Waals surface area contributed by atoms with Gasteiger partial charge in [0.1, 0.15) is 6.07 Å². The molecule has 0 saturated heterocycles. The molecule has 0 radical (unpaired) electrons. The second-order valence-electron chi connectivity index (χ2n) is 4.38. The molecule has 3 heteroatoms. The van der Waals surface area contributed by atoms with Gasteiger partial charge in [0.15, 0.2) is 0 Å². The highest BCUT2D eigenvalue weighted by molar-refractivity contribution is 5.79. The quantitative estimate of drug-likeness (QED) is 0.848. The smallest absolute Gasteiger partial charge is 0.101 e. The predicted molar refractivity (Wildman–Crippen MR) is 79.4 cm³/mol. The molecule has 0 fully saturated rings. The number of nitrogens with zero attached hydrogens (tertiary/aromatic N) is 2. The maximum absolute atomic E-state index is 9.07. The van der Waals surface area contributed by atoms with Crippen LogP contribution in [0.4, 0.5) is 17.1 Å². The molecule has 2 N–H and O–H groups in total. The van der Waals surface area contributed by atoms with Crippen LogP contribution in [0.15, 0.2) is 42.5 Å². The Kier molecular flexibility index (Phi) is 3.72. The number of anilines is 3. The van der Waals surface area contributed by atoms with Gasteiger partial charge in [-0.3, -0.25) is 0 Å². The Bertz CT molecular complexity index is 626.